The van der Waals surface area contributed by atoms with Gasteiger partial charge in [-0.3, -0.25) is 0 Å². The predicted molar refractivity (Wildman–Crippen MR) is 87.4 cm³/mol. The van der Waals surface area contributed by atoms with E-state index in [4.69, 9.17) is 27.9 Å². The molecule has 0 radical (unpaired) electrons. The Kier molecular flexibility index (Phi) is 15.0. The summed E-state index contributed by atoms with van der Waals surface area (Å²) in [5.74, 6) is -0.539. The summed E-state index contributed by atoms with van der Waals surface area (Å²) in [7, 11) is 0. The molecule has 0 saturated carbocycles. The van der Waals surface area contributed by atoms with Crippen LogP contribution in [-0.2, 0) is 9.53 Å². The second kappa shape index (κ2) is 15.2. The SMILES string of the molecule is CCCC/C=C\CCCCCCCCOC(=O)C(Cl)Cl. The first-order valence-corrected chi connectivity index (χ1v) is 8.65. The molecule has 0 amide bonds. The number of allylic oxidation sites excluding steroid dienone is 2. The third kappa shape index (κ3) is 14.2. The van der Waals surface area contributed by atoms with Crippen LogP contribution in [0.4, 0.5) is 0 Å². The first-order chi connectivity index (χ1) is 9.68. The molecule has 0 aliphatic heterocycles. The summed E-state index contributed by atoms with van der Waals surface area (Å²) >= 11 is 10.7. The van der Waals surface area contributed by atoms with Gasteiger partial charge in [0.25, 0.3) is 0 Å². The molecule has 20 heavy (non-hydrogen) atoms. The number of hydrogen-bond acceptors (Lipinski definition) is 2. The number of carbonyl (C=O) groups is 1. The molecule has 0 N–H and O–H groups in total. The Morgan fingerprint density at radius 1 is 0.950 bits per heavy atom. The Balaban J connectivity index is 3.13. The van der Waals surface area contributed by atoms with Crippen LogP contribution in [0.5, 0.6) is 0 Å². The van der Waals surface area contributed by atoms with Crippen LogP contribution in [0.1, 0.15) is 71.1 Å². The molecule has 118 valence electrons. The van der Waals surface area contributed by atoms with E-state index in [1.807, 2.05) is 0 Å². The van der Waals surface area contributed by atoms with Crippen molar-refractivity contribution in [1.82, 2.24) is 0 Å². The number of unbranched alkanes of at least 4 members (excludes halogenated alkanes) is 8. The van der Waals surface area contributed by atoms with Crippen molar-refractivity contribution >= 4 is 29.2 Å². The average molecular weight is 323 g/mol. The van der Waals surface area contributed by atoms with Crippen LogP contribution < -0.4 is 0 Å². The van der Waals surface area contributed by atoms with Crippen LogP contribution >= 0.6 is 23.2 Å². The van der Waals surface area contributed by atoms with Crippen molar-refractivity contribution in [2.24, 2.45) is 0 Å². The number of ether oxygens (including phenoxy) is 1. The van der Waals surface area contributed by atoms with Gasteiger partial charge >= 0.3 is 5.97 Å². The van der Waals surface area contributed by atoms with Crippen molar-refractivity contribution in [1.29, 1.82) is 0 Å². The molecule has 0 saturated heterocycles. The zero-order valence-corrected chi connectivity index (χ0v) is 14.1. The van der Waals surface area contributed by atoms with Crippen molar-refractivity contribution in [3.8, 4) is 0 Å². The fraction of sp³-hybridized carbons (Fsp3) is 0.812. The van der Waals surface area contributed by atoms with E-state index < -0.39 is 10.8 Å². The van der Waals surface area contributed by atoms with E-state index in [1.165, 1.54) is 51.4 Å². The zero-order valence-electron chi connectivity index (χ0n) is 12.6. The summed E-state index contributed by atoms with van der Waals surface area (Å²) in [6, 6.07) is 0. The van der Waals surface area contributed by atoms with Gasteiger partial charge in [-0.2, -0.15) is 0 Å². The molecule has 0 aliphatic carbocycles. The van der Waals surface area contributed by atoms with Gasteiger partial charge in [0.05, 0.1) is 6.61 Å². The fourth-order valence-electron chi connectivity index (χ4n) is 1.86. The van der Waals surface area contributed by atoms with Gasteiger partial charge in [-0.05, 0) is 25.7 Å². The number of halogens is 2. The van der Waals surface area contributed by atoms with E-state index in [1.54, 1.807) is 0 Å². The molecule has 0 bridgehead atoms. The van der Waals surface area contributed by atoms with Gasteiger partial charge in [0.2, 0.25) is 4.84 Å². The minimum Gasteiger partial charge on any atom is -0.464 e. The molecule has 0 rings (SSSR count). The van der Waals surface area contributed by atoms with Crippen molar-refractivity contribution in [3.05, 3.63) is 12.2 Å². The van der Waals surface area contributed by atoms with Crippen molar-refractivity contribution in [2.75, 3.05) is 6.61 Å². The van der Waals surface area contributed by atoms with E-state index in [0.717, 1.165) is 12.8 Å². The Bertz CT molecular complexity index is 253. The van der Waals surface area contributed by atoms with Gasteiger partial charge in [-0.25, -0.2) is 4.79 Å². The number of alkyl halides is 2. The van der Waals surface area contributed by atoms with Gasteiger partial charge in [0.1, 0.15) is 0 Å². The van der Waals surface area contributed by atoms with Crippen molar-refractivity contribution < 1.29 is 9.53 Å². The maximum Gasteiger partial charge on any atom is 0.339 e. The zero-order chi connectivity index (χ0) is 15.1. The molecule has 4 heteroatoms. The minimum absolute atomic E-state index is 0.426. The van der Waals surface area contributed by atoms with Crippen LogP contribution in [0.15, 0.2) is 12.2 Å². The highest BCUT2D eigenvalue weighted by molar-refractivity contribution is 6.52. The summed E-state index contributed by atoms with van der Waals surface area (Å²) in [5.41, 5.74) is 0. The molecule has 2 nitrogen and oxygen atoms in total. The van der Waals surface area contributed by atoms with Gasteiger partial charge < -0.3 is 4.74 Å². The molecule has 0 fully saturated rings. The molecule has 0 atom stereocenters. The van der Waals surface area contributed by atoms with Crippen LogP contribution in [0.3, 0.4) is 0 Å². The normalized spacial score (nSPS) is 11.4. The van der Waals surface area contributed by atoms with E-state index in [-0.39, 0.29) is 0 Å². The molecule has 0 aromatic carbocycles. The molecule has 0 aromatic rings. The monoisotopic (exact) mass is 322 g/mol. The van der Waals surface area contributed by atoms with Crippen LogP contribution in [0, 0.1) is 0 Å². The van der Waals surface area contributed by atoms with Gasteiger partial charge in [-0.15, -0.1) is 0 Å². The Morgan fingerprint density at radius 2 is 1.50 bits per heavy atom. The maximum absolute atomic E-state index is 11.0. The second-order valence-electron chi connectivity index (χ2n) is 4.99. The number of carbonyl (C=O) groups excluding carboxylic acids is 1. The number of esters is 1. The van der Waals surface area contributed by atoms with Gasteiger partial charge in [0.15, 0.2) is 0 Å². The van der Waals surface area contributed by atoms with Crippen LogP contribution in [0.2, 0.25) is 0 Å². The highest BCUT2D eigenvalue weighted by Crippen LogP contribution is 2.09. The van der Waals surface area contributed by atoms with Gasteiger partial charge in [0, 0.05) is 0 Å². The summed E-state index contributed by atoms with van der Waals surface area (Å²) in [6.07, 6.45) is 16.6. The highest BCUT2D eigenvalue weighted by atomic mass is 35.5. The molecule has 0 heterocycles. The fourth-order valence-corrected chi connectivity index (χ4v) is 1.99. The Labute approximate surface area is 133 Å². The van der Waals surface area contributed by atoms with E-state index in [0.29, 0.717) is 6.61 Å². The third-order valence-corrected chi connectivity index (χ3v) is 3.43. The van der Waals surface area contributed by atoms with Crippen molar-refractivity contribution in [2.45, 2.75) is 76.0 Å². The lowest BCUT2D eigenvalue weighted by Crippen LogP contribution is -2.12. The molecule has 0 aromatic heterocycles. The lowest BCUT2D eigenvalue weighted by molar-refractivity contribution is -0.141. The molecule has 0 aliphatic rings. The summed E-state index contributed by atoms with van der Waals surface area (Å²) in [5, 5.41) is 0. The lowest BCUT2D eigenvalue weighted by Gasteiger charge is -2.04. The molecule has 0 spiro atoms. The Morgan fingerprint density at radius 3 is 2.10 bits per heavy atom. The van der Waals surface area contributed by atoms with E-state index in [2.05, 4.69) is 19.1 Å². The van der Waals surface area contributed by atoms with Gasteiger partial charge in [-0.1, -0.05) is 80.8 Å². The predicted octanol–water partition coefficient (Wildman–Crippen LogP) is 5.81. The Hall–Kier alpha value is -0.210. The highest BCUT2D eigenvalue weighted by Gasteiger charge is 2.11. The number of rotatable bonds is 13. The molecule has 0 unspecified atom stereocenters. The van der Waals surface area contributed by atoms with Crippen molar-refractivity contribution in [3.63, 3.8) is 0 Å². The summed E-state index contributed by atoms with van der Waals surface area (Å²) < 4.78 is 4.88. The first-order valence-electron chi connectivity index (χ1n) is 7.78. The second-order valence-corrected chi connectivity index (χ2v) is 6.09. The minimum atomic E-state index is -1.06. The molecular formula is C16H28Cl2O2. The summed E-state index contributed by atoms with van der Waals surface area (Å²) in [6.45, 7) is 2.65. The summed E-state index contributed by atoms with van der Waals surface area (Å²) in [4.78, 5) is 9.90. The third-order valence-electron chi connectivity index (χ3n) is 3.08. The largest absolute Gasteiger partial charge is 0.464 e. The first kappa shape index (κ1) is 19.8. The van der Waals surface area contributed by atoms with Crippen LogP contribution in [0.25, 0.3) is 0 Å². The van der Waals surface area contributed by atoms with Crippen LogP contribution in [-0.4, -0.2) is 17.4 Å². The maximum atomic E-state index is 11.0. The number of hydrogen-bond donors (Lipinski definition) is 0. The standard InChI is InChI=1S/C16H28Cl2O2/c1-2-3-4-5-6-7-8-9-10-11-12-13-14-20-16(19)15(17)18/h5-6,15H,2-4,7-14H2,1H3/b6-5-. The smallest absolute Gasteiger partial charge is 0.339 e. The quantitative estimate of drug-likeness (QED) is 0.185. The van der Waals surface area contributed by atoms with E-state index in [9.17, 15) is 4.79 Å². The lowest BCUT2D eigenvalue weighted by atomic mass is 10.1. The topological polar surface area (TPSA) is 26.3 Å². The average Bonchev–Trinajstić information content (AvgIpc) is 2.43. The molecular weight excluding hydrogens is 295 g/mol. The van der Waals surface area contributed by atoms with E-state index >= 15 is 0 Å².